The minimum absolute atomic E-state index is 0.334. The summed E-state index contributed by atoms with van der Waals surface area (Å²) in [5.74, 6) is 0.935. The quantitative estimate of drug-likeness (QED) is 0.416. The summed E-state index contributed by atoms with van der Waals surface area (Å²) < 4.78 is 3.55. The first kappa shape index (κ1) is 19.4. The molecule has 2 aromatic heterocycles. The molecule has 142 valence electrons. The van der Waals surface area contributed by atoms with E-state index in [0.717, 1.165) is 13.0 Å². The molecule has 2 aromatic rings. The lowest BCUT2D eigenvalue weighted by Crippen LogP contribution is -2.23. The maximum atomic E-state index is 10.4. The van der Waals surface area contributed by atoms with Gasteiger partial charge >= 0.3 is 6.09 Å². The van der Waals surface area contributed by atoms with Gasteiger partial charge in [0.25, 0.3) is 0 Å². The number of carboxylic acid groups (broad SMARTS) is 1. The van der Waals surface area contributed by atoms with Crippen molar-refractivity contribution >= 4 is 23.5 Å². The van der Waals surface area contributed by atoms with Crippen LogP contribution >= 0.6 is 0 Å². The van der Waals surface area contributed by atoms with Gasteiger partial charge in [-0.25, -0.2) is 14.5 Å². The lowest BCUT2D eigenvalue weighted by atomic mass is 10.2. The van der Waals surface area contributed by atoms with E-state index >= 15 is 0 Å². The van der Waals surface area contributed by atoms with E-state index in [-0.39, 0.29) is 0 Å². The number of hydrogen-bond acceptors (Lipinski definition) is 6. The predicted octanol–water partition coefficient (Wildman–Crippen LogP) is 3.32. The van der Waals surface area contributed by atoms with Crippen LogP contribution in [0.1, 0.15) is 39.0 Å². The van der Waals surface area contributed by atoms with E-state index in [1.807, 2.05) is 10.8 Å². The molecule has 0 unspecified atom stereocenters. The van der Waals surface area contributed by atoms with Crippen LogP contribution in [0.3, 0.4) is 0 Å². The number of aromatic nitrogens is 4. The normalized spacial score (nSPS) is 11.3. The van der Waals surface area contributed by atoms with Gasteiger partial charge in [0.1, 0.15) is 11.5 Å². The number of unbranched alkanes of at least 4 members (excludes halogenated alkanes) is 3. The molecule has 0 aromatic carbocycles. The first-order valence-corrected chi connectivity index (χ1v) is 8.82. The van der Waals surface area contributed by atoms with Crippen LogP contribution in [0.25, 0.3) is 0 Å². The van der Waals surface area contributed by atoms with E-state index in [4.69, 9.17) is 10.8 Å². The molecule has 0 fully saturated rings. The largest absolute Gasteiger partial charge is 0.465 e. The van der Waals surface area contributed by atoms with Crippen molar-refractivity contribution in [2.45, 2.75) is 52.1 Å². The molecule has 0 saturated heterocycles. The Balaban J connectivity index is 1.90. The highest BCUT2D eigenvalue weighted by atomic mass is 16.4. The van der Waals surface area contributed by atoms with Crippen molar-refractivity contribution in [2.75, 3.05) is 12.3 Å². The molecule has 0 aliphatic heterocycles. The third kappa shape index (κ3) is 5.87. The Labute approximate surface area is 152 Å². The van der Waals surface area contributed by atoms with Gasteiger partial charge in [0.15, 0.2) is 0 Å². The van der Waals surface area contributed by atoms with E-state index in [9.17, 15) is 4.79 Å². The summed E-state index contributed by atoms with van der Waals surface area (Å²) in [7, 11) is 0. The summed E-state index contributed by atoms with van der Waals surface area (Å²) in [6.07, 6.45) is 9.36. The lowest BCUT2D eigenvalue weighted by molar-refractivity contribution is 0.194. The zero-order valence-electron chi connectivity index (χ0n) is 15.0. The fraction of sp³-hybridized carbons (Fsp3) is 0.562. The highest BCUT2D eigenvalue weighted by molar-refractivity contribution is 5.64. The molecule has 2 rings (SSSR count). The first-order chi connectivity index (χ1) is 12.6. The maximum Gasteiger partial charge on any atom is 0.404 e. The van der Waals surface area contributed by atoms with E-state index in [1.165, 1.54) is 25.5 Å². The summed E-state index contributed by atoms with van der Waals surface area (Å²) in [6, 6.07) is 0. The maximum absolute atomic E-state index is 10.4. The molecular weight excluding hydrogens is 336 g/mol. The van der Waals surface area contributed by atoms with Gasteiger partial charge in [-0.15, -0.1) is 10.2 Å². The molecule has 10 nitrogen and oxygen atoms in total. The minimum Gasteiger partial charge on any atom is -0.465 e. The van der Waals surface area contributed by atoms with Crippen LogP contribution < -0.4 is 11.1 Å². The number of azo groups is 1. The van der Waals surface area contributed by atoms with Gasteiger partial charge < -0.3 is 20.7 Å². The number of amides is 1. The zero-order valence-corrected chi connectivity index (χ0v) is 15.0. The van der Waals surface area contributed by atoms with Crippen LogP contribution in [-0.2, 0) is 13.1 Å². The van der Waals surface area contributed by atoms with Gasteiger partial charge in [0.05, 0.1) is 6.20 Å². The number of nitrogens with zero attached hydrogens (tertiary/aromatic N) is 6. The predicted molar refractivity (Wildman–Crippen MR) is 97.8 cm³/mol. The zero-order chi connectivity index (χ0) is 18.8. The fourth-order valence-electron chi connectivity index (χ4n) is 2.45. The topological polar surface area (TPSA) is 136 Å². The minimum atomic E-state index is -1.04. The molecule has 26 heavy (non-hydrogen) atoms. The molecule has 0 aliphatic carbocycles. The molecule has 0 aliphatic rings. The molecule has 0 atom stereocenters. The van der Waals surface area contributed by atoms with Crippen LogP contribution in [0.15, 0.2) is 28.8 Å². The van der Waals surface area contributed by atoms with Crippen LogP contribution in [0.2, 0.25) is 0 Å². The van der Waals surface area contributed by atoms with Crippen molar-refractivity contribution in [3.63, 3.8) is 0 Å². The van der Waals surface area contributed by atoms with E-state index in [0.29, 0.717) is 37.0 Å². The highest BCUT2D eigenvalue weighted by Gasteiger charge is 2.08. The molecule has 0 spiro atoms. The van der Waals surface area contributed by atoms with Gasteiger partial charge in [-0.1, -0.05) is 26.2 Å². The van der Waals surface area contributed by atoms with Gasteiger partial charge in [0, 0.05) is 32.0 Å². The van der Waals surface area contributed by atoms with Crippen molar-refractivity contribution in [3.8, 4) is 0 Å². The monoisotopic (exact) mass is 362 g/mol. The van der Waals surface area contributed by atoms with Crippen LogP contribution in [0, 0.1) is 0 Å². The molecule has 2 heterocycles. The molecule has 0 radical (unpaired) electrons. The van der Waals surface area contributed by atoms with Crippen LogP contribution in [0.4, 0.5) is 22.2 Å². The van der Waals surface area contributed by atoms with Gasteiger partial charge in [-0.2, -0.15) is 5.10 Å². The summed E-state index contributed by atoms with van der Waals surface area (Å²) in [5, 5.41) is 23.3. The van der Waals surface area contributed by atoms with Crippen molar-refractivity contribution in [3.05, 3.63) is 18.6 Å². The smallest absolute Gasteiger partial charge is 0.404 e. The number of carbonyl (C=O) groups is 1. The first-order valence-electron chi connectivity index (χ1n) is 8.82. The molecule has 4 N–H and O–H groups in total. The number of rotatable bonds is 11. The third-order valence-corrected chi connectivity index (χ3v) is 3.88. The standard InChI is InChI=1S/C16H26N8O2/c1-2-3-4-5-9-23-11-8-18-15(23)22-21-13-12-20-24(14(13)17)10-6-7-19-16(25)26/h8,11-12,19H,2-7,9-10,17H2,1H3,(H,25,26). The van der Waals surface area contributed by atoms with Crippen molar-refractivity contribution in [2.24, 2.45) is 10.2 Å². The van der Waals surface area contributed by atoms with Crippen molar-refractivity contribution in [1.29, 1.82) is 0 Å². The third-order valence-electron chi connectivity index (χ3n) is 3.88. The van der Waals surface area contributed by atoms with E-state index in [1.54, 1.807) is 10.9 Å². The molecule has 10 heteroatoms. The summed E-state index contributed by atoms with van der Waals surface area (Å²) in [4.78, 5) is 14.6. The van der Waals surface area contributed by atoms with E-state index in [2.05, 4.69) is 32.6 Å². The Morgan fingerprint density at radius 3 is 2.88 bits per heavy atom. The summed E-state index contributed by atoms with van der Waals surface area (Å²) in [5.41, 5.74) is 6.49. The van der Waals surface area contributed by atoms with E-state index < -0.39 is 6.09 Å². The van der Waals surface area contributed by atoms with Crippen molar-refractivity contribution < 1.29 is 9.90 Å². The Hall–Kier alpha value is -2.91. The number of nitrogen functional groups attached to an aromatic ring is 1. The Morgan fingerprint density at radius 2 is 2.12 bits per heavy atom. The van der Waals surface area contributed by atoms with Gasteiger partial charge in [-0.3, -0.25) is 0 Å². The average molecular weight is 362 g/mol. The number of aryl methyl sites for hydroxylation is 2. The number of anilines is 1. The Bertz CT molecular complexity index is 722. The number of nitrogens with two attached hydrogens (primary N) is 1. The SMILES string of the molecule is CCCCCCn1ccnc1N=Nc1cnn(CCCNC(=O)O)c1N. The number of imidazole rings is 1. The number of nitrogens with one attached hydrogen (secondary N) is 1. The van der Waals surface area contributed by atoms with Gasteiger partial charge in [-0.05, 0) is 12.8 Å². The Kier molecular flexibility index (Phi) is 7.59. The van der Waals surface area contributed by atoms with Crippen LogP contribution in [-0.4, -0.2) is 37.1 Å². The second-order valence-electron chi connectivity index (χ2n) is 5.90. The second-order valence-corrected chi connectivity index (χ2v) is 5.90. The van der Waals surface area contributed by atoms with Crippen molar-refractivity contribution in [1.82, 2.24) is 24.6 Å². The molecule has 0 saturated carbocycles. The molecular formula is C16H26N8O2. The number of hydrogen-bond donors (Lipinski definition) is 3. The molecule has 0 bridgehead atoms. The lowest BCUT2D eigenvalue weighted by Gasteiger charge is -2.04. The fourth-order valence-corrected chi connectivity index (χ4v) is 2.45. The second kappa shape index (κ2) is 10.2. The molecule has 1 amide bonds. The average Bonchev–Trinajstić information content (AvgIpc) is 3.20. The summed E-state index contributed by atoms with van der Waals surface area (Å²) >= 11 is 0. The van der Waals surface area contributed by atoms with Gasteiger partial charge in [0.2, 0.25) is 5.95 Å². The summed E-state index contributed by atoms with van der Waals surface area (Å²) in [6.45, 7) is 3.87. The Morgan fingerprint density at radius 1 is 1.27 bits per heavy atom. The highest BCUT2D eigenvalue weighted by Crippen LogP contribution is 2.23. The van der Waals surface area contributed by atoms with Crippen LogP contribution in [0.5, 0.6) is 0 Å².